The number of rotatable bonds is 7. The lowest BCUT2D eigenvalue weighted by Crippen LogP contribution is -2.34. The van der Waals surface area contributed by atoms with Gasteiger partial charge in [0.2, 0.25) is 5.91 Å². The van der Waals surface area contributed by atoms with E-state index in [9.17, 15) is 14.4 Å². The summed E-state index contributed by atoms with van der Waals surface area (Å²) in [5.74, 6) is -0.553. The predicted molar refractivity (Wildman–Crippen MR) is 100 cm³/mol. The molecule has 3 N–H and O–H groups in total. The molecule has 0 saturated carbocycles. The first-order valence-electron chi connectivity index (χ1n) is 8.11. The van der Waals surface area contributed by atoms with E-state index in [0.717, 1.165) is 5.56 Å². The van der Waals surface area contributed by atoms with Gasteiger partial charge >= 0.3 is 0 Å². The van der Waals surface area contributed by atoms with Crippen LogP contribution < -0.4 is 16.0 Å². The molecule has 2 aromatic rings. The van der Waals surface area contributed by atoms with Crippen molar-refractivity contribution in [1.82, 2.24) is 16.0 Å². The molecule has 7 heteroatoms. The second-order valence-electron chi connectivity index (χ2n) is 5.63. The first kappa shape index (κ1) is 19.5. The average Bonchev–Trinajstić information content (AvgIpc) is 2.64. The number of hydrogen-bond donors (Lipinski definition) is 3. The van der Waals surface area contributed by atoms with Crippen LogP contribution in [0.4, 0.5) is 0 Å². The molecule has 0 fully saturated rings. The lowest BCUT2D eigenvalue weighted by molar-refractivity contribution is -0.119. The third kappa shape index (κ3) is 6.22. The third-order valence-electron chi connectivity index (χ3n) is 3.56. The van der Waals surface area contributed by atoms with E-state index in [2.05, 4.69) is 16.0 Å². The van der Waals surface area contributed by atoms with Crippen molar-refractivity contribution in [3.63, 3.8) is 0 Å². The first-order chi connectivity index (χ1) is 12.5. The molecular weight excluding hydrogens is 354 g/mol. The molecule has 0 aliphatic heterocycles. The van der Waals surface area contributed by atoms with Crippen LogP contribution >= 0.6 is 11.6 Å². The number of nitrogens with one attached hydrogen (secondary N) is 3. The van der Waals surface area contributed by atoms with Crippen LogP contribution in [0.5, 0.6) is 0 Å². The fraction of sp³-hybridized carbons (Fsp3) is 0.211. The molecule has 0 aliphatic carbocycles. The molecule has 0 aliphatic rings. The molecule has 26 heavy (non-hydrogen) atoms. The van der Waals surface area contributed by atoms with Gasteiger partial charge in [-0.25, -0.2) is 0 Å². The average molecular weight is 374 g/mol. The van der Waals surface area contributed by atoms with E-state index in [1.54, 1.807) is 48.5 Å². The van der Waals surface area contributed by atoms with Gasteiger partial charge in [-0.3, -0.25) is 14.4 Å². The van der Waals surface area contributed by atoms with Crippen molar-refractivity contribution in [1.29, 1.82) is 0 Å². The largest absolute Gasteiger partial charge is 0.352 e. The molecule has 0 heterocycles. The highest BCUT2D eigenvalue weighted by molar-refractivity contribution is 6.30. The molecule has 0 unspecified atom stereocenters. The van der Waals surface area contributed by atoms with Crippen LogP contribution in [0.1, 0.15) is 33.2 Å². The molecule has 0 atom stereocenters. The van der Waals surface area contributed by atoms with E-state index >= 15 is 0 Å². The number of benzene rings is 2. The topological polar surface area (TPSA) is 87.3 Å². The number of carbonyl (C=O) groups excluding carboxylic acids is 3. The molecule has 2 rings (SSSR count). The predicted octanol–water partition coefficient (Wildman–Crippen LogP) is 2.14. The van der Waals surface area contributed by atoms with E-state index in [1.165, 1.54) is 6.92 Å². The Hall–Kier alpha value is -2.86. The number of amides is 3. The molecule has 0 bridgehead atoms. The standard InChI is InChI=1S/C19H20ClN3O3/c1-13(24)23-12-14-2-4-15(5-3-14)18(25)21-10-11-22-19(26)16-6-8-17(20)9-7-16/h2-9H,10-12H2,1H3,(H,21,25)(H,22,26)(H,23,24). The minimum absolute atomic E-state index is 0.104. The Morgan fingerprint density at radius 2 is 1.23 bits per heavy atom. The van der Waals surface area contributed by atoms with Crippen molar-refractivity contribution in [2.24, 2.45) is 0 Å². The maximum Gasteiger partial charge on any atom is 0.251 e. The quantitative estimate of drug-likeness (QED) is 0.650. The molecule has 3 amide bonds. The highest BCUT2D eigenvalue weighted by Gasteiger charge is 2.07. The van der Waals surface area contributed by atoms with Crippen molar-refractivity contribution in [3.8, 4) is 0 Å². The third-order valence-corrected chi connectivity index (χ3v) is 3.81. The normalized spacial score (nSPS) is 10.1. The molecule has 0 saturated heterocycles. The second-order valence-corrected chi connectivity index (χ2v) is 6.06. The fourth-order valence-corrected chi connectivity index (χ4v) is 2.28. The van der Waals surface area contributed by atoms with Crippen molar-refractivity contribution in [3.05, 3.63) is 70.2 Å². The summed E-state index contributed by atoms with van der Waals surface area (Å²) in [6, 6.07) is 13.5. The molecule has 0 radical (unpaired) electrons. The fourth-order valence-electron chi connectivity index (χ4n) is 2.16. The van der Waals surface area contributed by atoms with Gasteiger partial charge in [0, 0.05) is 42.7 Å². The second kappa shape index (κ2) is 9.58. The summed E-state index contributed by atoms with van der Waals surface area (Å²) in [6.07, 6.45) is 0. The van der Waals surface area contributed by atoms with Gasteiger partial charge in [0.15, 0.2) is 0 Å². The van der Waals surface area contributed by atoms with Gasteiger partial charge in [0.25, 0.3) is 11.8 Å². The maximum absolute atomic E-state index is 12.1. The summed E-state index contributed by atoms with van der Waals surface area (Å²) >= 11 is 5.78. The lowest BCUT2D eigenvalue weighted by Gasteiger charge is -2.08. The Kier molecular flexibility index (Phi) is 7.17. The van der Waals surface area contributed by atoms with Crippen LogP contribution in [0, 0.1) is 0 Å². The zero-order chi connectivity index (χ0) is 18.9. The van der Waals surface area contributed by atoms with Crippen LogP contribution in [-0.2, 0) is 11.3 Å². The van der Waals surface area contributed by atoms with E-state index in [4.69, 9.17) is 11.6 Å². The molecule has 2 aromatic carbocycles. The minimum atomic E-state index is -0.225. The molecule has 6 nitrogen and oxygen atoms in total. The Bertz CT molecular complexity index is 774. The molecular formula is C19H20ClN3O3. The summed E-state index contributed by atoms with van der Waals surface area (Å²) < 4.78 is 0. The highest BCUT2D eigenvalue weighted by atomic mass is 35.5. The number of halogens is 1. The summed E-state index contributed by atoms with van der Waals surface area (Å²) in [7, 11) is 0. The van der Waals surface area contributed by atoms with Crippen LogP contribution in [0.2, 0.25) is 5.02 Å². The summed E-state index contributed by atoms with van der Waals surface area (Å²) in [4.78, 5) is 34.9. The van der Waals surface area contributed by atoms with Gasteiger partial charge < -0.3 is 16.0 Å². The van der Waals surface area contributed by atoms with Crippen molar-refractivity contribution >= 4 is 29.3 Å². The Balaban J connectivity index is 1.73. The summed E-state index contributed by atoms with van der Waals surface area (Å²) in [5.41, 5.74) is 1.93. The molecule has 0 spiro atoms. The van der Waals surface area contributed by atoms with E-state index in [0.29, 0.717) is 35.8 Å². The Morgan fingerprint density at radius 3 is 1.69 bits per heavy atom. The smallest absolute Gasteiger partial charge is 0.251 e. The van der Waals surface area contributed by atoms with E-state index in [1.807, 2.05) is 0 Å². The first-order valence-corrected chi connectivity index (χ1v) is 8.49. The van der Waals surface area contributed by atoms with E-state index < -0.39 is 0 Å². The number of hydrogen-bond acceptors (Lipinski definition) is 3. The van der Waals surface area contributed by atoms with Crippen molar-refractivity contribution < 1.29 is 14.4 Å². The van der Waals surface area contributed by atoms with Crippen molar-refractivity contribution in [2.45, 2.75) is 13.5 Å². The molecule has 0 aromatic heterocycles. The van der Waals surface area contributed by atoms with Gasteiger partial charge in [-0.15, -0.1) is 0 Å². The minimum Gasteiger partial charge on any atom is -0.352 e. The monoisotopic (exact) mass is 373 g/mol. The maximum atomic E-state index is 12.1. The van der Waals surface area contributed by atoms with Crippen LogP contribution in [0.3, 0.4) is 0 Å². The van der Waals surface area contributed by atoms with Gasteiger partial charge in [0.1, 0.15) is 0 Å². The lowest BCUT2D eigenvalue weighted by atomic mass is 10.1. The molecule has 136 valence electrons. The van der Waals surface area contributed by atoms with Gasteiger partial charge in [0.05, 0.1) is 0 Å². The van der Waals surface area contributed by atoms with Gasteiger partial charge in [-0.05, 0) is 42.0 Å². The SMILES string of the molecule is CC(=O)NCc1ccc(C(=O)NCCNC(=O)c2ccc(Cl)cc2)cc1. The summed E-state index contributed by atoms with van der Waals surface area (Å²) in [6.45, 7) is 2.50. The zero-order valence-electron chi connectivity index (χ0n) is 14.3. The summed E-state index contributed by atoms with van der Waals surface area (Å²) in [5, 5.41) is 8.72. The highest BCUT2D eigenvalue weighted by Crippen LogP contribution is 2.09. The van der Waals surface area contributed by atoms with Crippen LogP contribution in [-0.4, -0.2) is 30.8 Å². The van der Waals surface area contributed by atoms with Crippen LogP contribution in [0.25, 0.3) is 0 Å². The Morgan fingerprint density at radius 1 is 0.769 bits per heavy atom. The van der Waals surface area contributed by atoms with Gasteiger partial charge in [-0.1, -0.05) is 23.7 Å². The zero-order valence-corrected chi connectivity index (χ0v) is 15.1. The van der Waals surface area contributed by atoms with Crippen LogP contribution in [0.15, 0.2) is 48.5 Å². The van der Waals surface area contributed by atoms with Gasteiger partial charge in [-0.2, -0.15) is 0 Å². The van der Waals surface area contributed by atoms with E-state index in [-0.39, 0.29) is 17.7 Å². The number of carbonyl (C=O) groups is 3. The van der Waals surface area contributed by atoms with Crippen molar-refractivity contribution in [2.75, 3.05) is 13.1 Å². The Labute approximate surface area is 156 Å².